The molecule has 1 aromatic carbocycles. The normalized spacial score (nSPS) is 18.7. The molecule has 1 aromatic rings. The van der Waals surface area contributed by atoms with Crippen molar-refractivity contribution in [1.29, 1.82) is 0 Å². The Hall–Kier alpha value is -0.920. The van der Waals surface area contributed by atoms with Gasteiger partial charge in [-0.25, -0.2) is 4.31 Å². The number of alkyl halides is 3. The number of carbonyl (C=O) groups excluding carboxylic acids is 1. The standard InChI is InChI=1S/C15H18ClF3N2OS/c1-14(10-20-13(22)15(17,18)19)6-8-21(9-7-14)23-12-4-2-11(16)3-5-12/h2-5H,6-10H2,1H3,(H,20,22). The maximum Gasteiger partial charge on any atom is 0.471 e. The Balaban J connectivity index is 1.80. The molecule has 128 valence electrons. The molecule has 0 spiro atoms. The Kier molecular flexibility index (Phi) is 5.86. The average molecular weight is 367 g/mol. The second-order valence-corrected chi connectivity index (χ2v) is 7.57. The van der Waals surface area contributed by atoms with Crippen LogP contribution >= 0.6 is 23.5 Å². The van der Waals surface area contributed by atoms with Gasteiger partial charge in [-0.15, -0.1) is 0 Å². The zero-order chi connectivity index (χ0) is 17.1. The minimum atomic E-state index is -4.82. The molecule has 8 heteroatoms. The number of nitrogens with one attached hydrogen (secondary N) is 1. The first-order valence-electron chi connectivity index (χ1n) is 7.21. The quantitative estimate of drug-likeness (QED) is 0.813. The molecule has 23 heavy (non-hydrogen) atoms. The van der Waals surface area contributed by atoms with Gasteiger partial charge in [0.15, 0.2) is 0 Å². The van der Waals surface area contributed by atoms with Crippen LogP contribution < -0.4 is 5.32 Å². The van der Waals surface area contributed by atoms with E-state index in [4.69, 9.17) is 11.6 Å². The van der Waals surface area contributed by atoms with E-state index < -0.39 is 12.1 Å². The number of rotatable bonds is 4. The van der Waals surface area contributed by atoms with Gasteiger partial charge in [0.05, 0.1) is 0 Å². The lowest BCUT2D eigenvalue weighted by molar-refractivity contribution is -0.174. The Morgan fingerprint density at radius 3 is 2.39 bits per heavy atom. The van der Waals surface area contributed by atoms with Gasteiger partial charge in [-0.1, -0.05) is 18.5 Å². The van der Waals surface area contributed by atoms with Gasteiger partial charge in [0, 0.05) is 29.6 Å². The van der Waals surface area contributed by atoms with E-state index in [1.807, 2.05) is 36.5 Å². The van der Waals surface area contributed by atoms with Crippen LogP contribution in [0.5, 0.6) is 0 Å². The van der Waals surface area contributed by atoms with E-state index in [0.717, 1.165) is 30.8 Å². The monoisotopic (exact) mass is 366 g/mol. The Bertz CT molecular complexity index is 543. The predicted octanol–water partition coefficient (Wildman–Crippen LogP) is 4.13. The second-order valence-electron chi connectivity index (χ2n) is 5.97. The molecule has 0 bridgehead atoms. The predicted molar refractivity (Wildman–Crippen MR) is 85.3 cm³/mol. The lowest BCUT2D eigenvalue weighted by Gasteiger charge is -2.38. The summed E-state index contributed by atoms with van der Waals surface area (Å²) in [6.07, 6.45) is -3.36. The van der Waals surface area contributed by atoms with Gasteiger partial charge in [0.25, 0.3) is 0 Å². The summed E-state index contributed by atoms with van der Waals surface area (Å²) < 4.78 is 38.9. The van der Waals surface area contributed by atoms with Crippen molar-refractivity contribution in [1.82, 2.24) is 9.62 Å². The summed E-state index contributed by atoms with van der Waals surface area (Å²) in [4.78, 5) is 12.0. The highest BCUT2D eigenvalue weighted by molar-refractivity contribution is 7.97. The summed E-state index contributed by atoms with van der Waals surface area (Å²) in [6.45, 7) is 3.47. The van der Waals surface area contributed by atoms with Gasteiger partial charge in [-0.2, -0.15) is 13.2 Å². The maximum absolute atomic E-state index is 12.2. The smallest absolute Gasteiger partial charge is 0.348 e. The zero-order valence-corrected chi connectivity index (χ0v) is 14.2. The van der Waals surface area contributed by atoms with Crippen LogP contribution in [-0.2, 0) is 4.79 Å². The van der Waals surface area contributed by atoms with Crippen LogP contribution in [0.2, 0.25) is 5.02 Å². The Morgan fingerprint density at radius 1 is 1.30 bits per heavy atom. The molecule has 0 radical (unpaired) electrons. The first kappa shape index (κ1) is 18.4. The average Bonchev–Trinajstić information content (AvgIpc) is 2.49. The molecular formula is C15H18ClF3N2OS. The van der Waals surface area contributed by atoms with Crippen LogP contribution in [0.4, 0.5) is 13.2 Å². The molecule has 1 fully saturated rings. The van der Waals surface area contributed by atoms with E-state index in [1.165, 1.54) is 0 Å². The third-order valence-corrected chi connectivity index (χ3v) is 5.27. The lowest BCUT2D eigenvalue weighted by Crippen LogP contribution is -2.46. The fraction of sp³-hybridized carbons (Fsp3) is 0.533. The molecule has 1 N–H and O–H groups in total. The van der Waals surface area contributed by atoms with Gasteiger partial charge in [-0.05, 0) is 54.5 Å². The molecule has 1 aliphatic rings. The van der Waals surface area contributed by atoms with E-state index in [2.05, 4.69) is 4.31 Å². The highest BCUT2D eigenvalue weighted by atomic mass is 35.5. The number of benzene rings is 1. The first-order chi connectivity index (χ1) is 10.7. The van der Waals surface area contributed by atoms with Crippen molar-refractivity contribution in [3.63, 3.8) is 0 Å². The summed E-state index contributed by atoms with van der Waals surface area (Å²) in [5.74, 6) is -1.86. The number of hydrogen-bond acceptors (Lipinski definition) is 3. The Labute approximate surface area is 142 Å². The minimum Gasteiger partial charge on any atom is -0.348 e. The number of carbonyl (C=O) groups is 1. The van der Waals surface area contributed by atoms with Crippen LogP contribution in [-0.4, -0.2) is 36.0 Å². The number of piperidine rings is 1. The van der Waals surface area contributed by atoms with Crippen molar-refractivity contribution in [2.45, 2.75) is 30.8 Å². The third-order valence-electron chi connectivity index (χ3n) is 3.91. The molecule has 0 aliphatic carbocycles. The van der Waals surface area contributed by atoms with Gasteiger partial charge in [0.2, 0.25) is 0 Å². The van der Waals surface area contributed by atoms with E-state index in [1.54, 1.807) is 11.9 Å². The minimum absolute atomic E-state index is 0.0464. The van der Waals surface area contributed by atoms with Crippen LogP contribution in [0.1, 0.15) is 19.8 Å². The number of amides is 1. The number of nitrogens with zero attached hydrogens (tertiary/aromatic N) is 1. The van der Waals surface area contributed by atoms with Crippen LogP contribution in [0.3, 0.4) is 0 Å². The molecule has 0 saturated carbocycles. The lowest BCUT2D eigenvalue weighted by atomic mass is 9.81. The summed E-state index contributed by atoms with van der Waals surface area (Å²) in [5, 5.41) is 2.68. The maximum atomic E-state index is 12.2. The molecule has 3 nitrogen and oxygen atoms in total. The number of hydrogen-bond donors (Lipinski definition) is 1. The fourth-order valence-electron chi connectivity index (χ4n) is 2.33. The van der Waals surface area contributed by atoms with Crippen LogP contribution in [0, 0.1) is 5.41 Å². The molecular weight excluding hydrogens is 349 g/mol. The summed E-state index contributed by atoms with van der Waals surface area (Å²) >= 11 is 7.46. The van der Waals surface area contributed by atoms with Gasteiger partial charge >= 0.3 is 12.1 Å². The van der Waals surface area contributed by atoms with Gasteiger partial charge in [0.1, 0.15) is 0 Å². The van der Waals surface area contributed by atoms with Crippen molar-refractivity contribution in [3.8, 4) is 0 Å². The zero-order valence-electron chi connectivity index (χ0n) is 12.6. The van der Waals surface area contributed by atoms with Gasteiger partial charge < -0.3 is 5.32 Å². The van der Waals surface area contributed by atoms with Crippen LogP contribution in [0.15, 0.2) is 29.2 Å². The molecule has 2 rings (SSSR count). The van der Waals surface area contributed by atoms with Gasteiger partial charge in [-0.3, -0.25) is 4.79 Å². The topological polar surface area (TPSA) is 32.3 Å². The van der Waals surface area contributed by atoms with Crippen LogP contribution in [0.25, 0.3) is 0 Å². The highest BCUT2D eigenvalue weighted by Gasteiger charge is 2.40. The molecule has 1 aliphatic heterocycles. The van der Waals surface area contributed by atoms with E-state index in [-0.39, 0.29) is 12.0 Å². The molecule has 0 unspecified atom stereocenters. The van der Waals surface area contributed by atoms with E-state index >= 15 is 0 Å². The number of halogens is 4. The Morgan fingerprint density at radius 2 is 1.87 bits per heavy atom. The van der Waals surface area contributed by atoms with Crippen molar-refractivity contribution < 1.29 is 18.0 Å². The first-order valence-corrected chi connectivity index (χ1v) is 8.37. The molecule has 0 aromatic heterocycles. The molecule has 1 heterocycles. The molecule has 1 amide bonds. The van der Waals surface area contributed by atoms with Crippen molar-refractivity contribution in [2.24, 2.45) is 5.41 Å². The highest BCUT2D eigenvalue weighted by Crippen LogP contribution is 2.35. The third kappa shape index (κ3) is 5.58. The van der Waals surface area contributed by atoms with E-state index in [9.17, 15) is 18.0 Å². The SMILES string of the molecule is CC1(CNC(=O)C(F)(F)F)CCN(Sc2ccc(Cl)cc2)CC1. The summed E-state index contributed by atoms with van der Waals surface area (Å²) in [5.41, 5.74) is -0.308. The molecule has 0 atom stereocenters. The summed E-state index contributed by atoms with van der Waals surface area (Å²) in [6, 6.07) is 7.52. The van der Waals surface area contributed by atoms with Crippen molar-refractivity contribution in [3.05, 3.63) is 29.3 Å². The fourth-order valence-corrected chi connectivity index (χ4v) is 3.38. The second kappa shape index (κ2) is 7.32. The molecule has 1 saturated heterocycles. The summed E-state index contributed by atoms with van der Waals surface area (Å²) in [7, 11) is 0. The van der Waals surface area contributed by atoms with E-state index in [0.29, 0.717) is 5.02 Å². The largest absolute Gasteiger partial charge is 0.471 e. The van der Waals surface area contributed by atoms with Crippen molar-refractivity contribution >= 4 is 29.5 Å². The van der Waals surface area contributed by atoms with Crippen molar-refractivity contribution in [2.75, 3.05) is 19.6 Å².